The molecule has 6 nitrogen and oxygen atoms in total. The van der Waals surface area contributed by atoms with Crippen LogP contribution in [0.2, 0.25) is 0 Å². The molecule has 0 aliphatic carbocycles. The zero-order chi connectivity index (χ0) is 18.9. The van der Waals surface area contributed by atoms with Crippen molar-refractivity contribution >= 4 is 27.3 Å². The molecule has 3 rings (SSSR count). The first-order valence-electron chi connectivity index (χ1n) is 8.46. The Morgan fingerprint density at radius 2 is 1.92 bits per heavy atom. The van der Waals surface area contributed by atoms with Crippen molar-refractivity contribution in [2.75, 3.05) is 21.9 Å². The van der Waals surface area contributed by atoms with Gasteiger partial charge in [0, 0.05) is 5.69 Å². The Morgan fingerprint density at radius 3 is 2.62 bits per heavy atom. The van der Waals surface area contributed by atoms with Crippen LogP contribution >= 0.6 is 0 Å². The van der Waals surface area contributed by atoms with Crippen LogP contribution in [0.3, 0.4) is 0 Å². The minimum absolute atomic E-state index is 0.0488. The minimum atomic E-state index is -3.51. The van der Waals surface area contributed by atoms with E-state index in [9.17, 15) is 13.2 Å². The van der Waals surface area contributed by atoms with E-state index in [2.05, 4.69) is 5.32 Å². The van der Waals surface area contributed by atoms with E-state index in [4.69, 9.17) is 4.74 Å². The minimum Gasteiger partial charge on any atom is -0.476 e. The van der Waals surface area contributed by atoms with E-state index < -0.39 is 16.1 Å². The van der Waals surface area contributed by atoms with Crippen molar-refractivity contribution < 1.29 is 17.9 Å². The van der Waals surface area contributed by atoms with Crippen molar-refractivity contribution in [3.63, 3.8) is 0 Å². The van der Waals surface area contributed by atoms with E-state index in [-0.39, 0.29) is 18.2 Å². The Labute approximate surface area is 153 Å². The highest BCUT2D eigenvalue weighted by atomic mass is 32.2. The molecule has 0 saturated carbocycles. The largest absolute Gasteiger partial charge is 0.476 e. The third-order valence-corrected chi connectivity index (χ3v) is 6.25. The van der Waals surface area contributed by atoms with Gasteiger partial charge in [0.05, 0.1) is 18.0 Å². The van der Waals surface area contributed by atoms with Crippen LogP contribution < -0.4 is 14.4 Å². The van der Waals surface area contributed by atoms with Crippen LogP contribution in [0.1, 0.15) is 18.1 Å². The third kappa shape index (κ3) is 3.53. The van der Waals surface area contributed by atoms with E-state index in [1.807, 2.05) is 32.0 Å². The Morgan fingerprint density at radius 1 is 1.19 bits per heavy atom. The lowest BCUT2D eigenvalue weighted by molar-refractivity contribution is -0.122. The number of nitrogens with one attached hydrogen (secondary N) is 1. The van der Waals surface area contributed by atoms with Gasteiger partial charge in [0.2, 0.25) is 10.0 Å². The van der Waals surface area contributed by atoms with Gasteiger partial charge in [-0.25, -0.2) is 8.42 Å². The van der Waals surface area contributed by atoms with E-state index in [0.717, 1.165) is 11.1 Å². The third-order valence-electron chi connectivity index (χ3n) is 4.50. The molecule has 0 fully saturated rings. The van der Waals surface area contributed by atoms with Crippen LogP contribution in [0, 0.1) is 13.8 Å². The van der Waals surface area contributed by atoms with E-state index >= 15 is 0 Å². The van der Waals surface area contributed by atoms with Gasteiger partial charge in [-0.15, -0.1) is 0 Å². The molecular weight excluding hydrogens is 352 g/mol. The lowest BCUT2D eigenvalue weighted by Crippen LogP contribution is -2.49. The molecule has 1 unspecified atom stereocenters. The van der Waals surface area contributed by atoms with Crippen LogP contribution in [-0.2, 0) is 14.8 Å². The number of fused-ring (bicyclic) bond motifs is 1. The Kier molecular flexibility index (Phi) is 4.91. The van der Waals surface area contributed by atoms with Gasteiger partial charge < -0.3 is 10.1 Å². The standard InChI is InChI=1S/C19H22N2O4S/c1-4-26(23,24)21-12-18(25-17-8-6-5-7-16(17)21)19(22)20-15-10-9-13(2)14(3)11-15/h5-11,18H,4,12H2,1-3H3,(H,20,22). The summed E-state index contributed by atoms with van der Waals surface area (Å²) < 4.78 is 32.0. The predicted molar refractivity (Wildman–Crippen MR) is 102 cm³/mol. The molecule has 26 heavy (non-hydrogen) atoms. The number of amides is 1. The summed E-state index contributed by atoms with van der Waals surface area (Å²) in [4.78, 5) is 12.7. The molecule has 0 radical (unpaired) electrons. The van der Waals surface area contributed by atoms with Crippen LogP contribution in [0.5, 0.6) is 5.75 Å². The number of carbonyl (C=O) groups excluding carboxylic acids is 1. The predicted octanol–water partition coefficient (Wildman–Crippen LogP) is 2.86. The van der Waals surface area contributed by atoms with Gasteiger partial charge in [0.15, 0.2) is 6.10 Å². The van der Waals surface area contributed by atoms with Gasteiger partial charge in [0.1, 0.15) is 5.75 Å². The molecule has 1 aliphatic heterocycles. The van der Waals surface area contributed by atoms with Gasteiger partial charge in [0.25, 0.3) is 5.91 Å². The van der Waals surface area contributed by atoms with Crippen molar-refractivity contribution in [2.45, 2.75) is 26.9 Å². The molecule has 1 heterocycles. The van der Waals surface area contributed by atoms with Crippen molar-refractivity contribution in [1.29, 1.82) is 0 Å². The number of benzene rings is 2. The van der Waals surface area contributed by atoms with Crippen molar-refractivity contribution in [1.82, 2.24) is 0 Å². The quantitative estimate of drug-likeness (QED) is 0.893. The second-order valence-electron chi connectivity index (χ2n) is 6.29. The summed E-state index contributed by atoms with van der Waals surface area (Å²) in [5.74, 6) is -0.0395. The summed E-state index contributed by atoms with van der Waals surface area (Å²) in [5.41, 5.74) is 3.31. The average molecular weight is 374 g/mol. The fourth-order valence-electron chi connectivity index (χ4n) is 2.80. The van der Waals surface area contributed by atoms with Crippen LogP contribution in [0.25, 0.3) is 0 Å². The lowest BCUT2D eigenvalue weighted by atomic mass is 10.1. The first-order chi connectivity index (χ1) is 12.3. The molecule has 1 N–H and O–H groups in total. The number of rotatable bonds is 4. The number of ether oxygens (including phenoxy) is 1. The molecule has 1 aliphatic rings. The molecule has 0 aromatic heterocycles. The zero-order valence-corrected chi connectivity index (χ0v) is 15.8. The van der Waals surface area contributed by atoms with Crippen molar-refractivity contribution in [2.24, 2.45) is 0 Å². The maximum atomic E-state index is 12.7. The van der Waals surface area contributed by atoms with Gasteiger partial charge in [-0.2, -0.15) is 0 Å². The number of para-hydroxylation sites is 2. The number of aryl methyl sites for hydroxylation is 2. The summed E-state index contributed by atoms with van der Waals surface area (Å²) in [6.45, 7) is 5.49. The highest BCUT2D eigenvalue weighted by molar-refractivity contribution is 7.92. The summed E-state index contributed by atoms with van der Waals surface area (Å²) in [6, 6.07) is 12.5. The highest BCUT2D eigenvalue weighted by Crippen LogP contribution is 2.35. The zero-order valence-electron chi connectivity index (χ0n) is 15.0. The second kappa shape index (κ2) is 6.99. The fraction of sp³-hybridized carbons (Fsp3) is 0.316. The van der Waals surface area contributed by atoms with Crippen LogP contribution in [-0.4, -0.2) is 32.7 Å². The first kappa shape index (κ1) is 18.3. The molecule has 138 valence electrons. The van der Waals surface area contributed by atoms with Gasteiger partial charge in [-0.3, -0.25) is 9.10 Å². The number of sulfonamides is 1. The first-order valence-corrected chi connectivity index (χ1v) is 10.1. The number of nitrogens with zero attached hydrogens (tertiary/aromatic N) is 1. The topological polar surface area (TPSA) is 75.7 Å². The fourth-order valence-corrected chi connectivity index (χ4v) is 3.92. The second-order valence-corrected chi connectivity index (χ2v) is 8.48. The normalized spacial score (nSPS) is 16.6. The van der Waals surface area contributed by atoms with Crippen molar-refractivity contribution in [3.05, 3.63) is 53.6 Å². The molecule has 1 amide bonds. The average Bonchev–Trinajstić information content (AvgIpc) is 2.63. The summed E-state index contributed by atoms with van der Waals surface area (Å²) in [5, 5.41) is 2.82. The summed E-state index contributed by atoms with van der Waals surface area (Å²) >= 11 is 0. The highest BCUT2D eigenvalue weighted by Gasteiger charge is 2.35. The molecule has 2 aromatic rings. The maximum absolute atomic E-state index is 12.7. The Balaban J connectivity index is 1.87. The number of carbonyl (C=O) groups is 1. The molecule has 2 aromatic carbocycles. The lowest BCUT2D eigenvalue weighted by Gasteiger charge is -2.34. The van der Waals surface area contributed by atoms with Gasteiger partial charge in [-0.05, 0) is 56.2 Å². The van der Waals surface area contributed by atoms with Crippen molar-refractivity contribution in [3.8, 4) is 5.75 Å². The monoisotopic (exact) mass is 374 g/mol. The SMILES string of the molecule is CCS(=O)(=O)N1CC(C(=O)Nc2ccc(C)c(C)c2)Oc2ccccc21. The van der Waals surface area contributed by atoms with E-state index in [1.54, 1.807) is 31.2 Å². The molecular formula is C19H22N2O4S. The maximum Gasteiger partial charge on any atom is 0.267 e. The van der Waals surface area contributed by atoms with Crippen LogP contribution in [0.4, 0.5) is 11.4 Å². The smallest absolute Gasteiger partial charge is 0.267 e. The summed E-state index contributed by atoms with van der Waals surface area (Å²) in [7, 11) is -3.51. The molecule has 7 heteroatoms. The Bertz CT molecular complexity index is 940. The molecule has 0 bridgehead atoms. The van der Waals surface area contributed by atoms with Crippen LogP contribution in [0.15, 0.2) is 42.5 Å². The van der Waals surface area contributed by atoms with Gasteiger partial charge in [-0.1, -0.05) is 18.2 Å². The Hall–Kier alpha value is -2.54. The molecule has 1 atom stereocenters. The molecule has 0 spiro atoms. The summed E-state index contributed by atoms with van der Waals surface area (Å²) in [6.07, 6.45) is -0.923. The number of anilines is 2. The van der Waals surface area contributed by atoms with E-state index in [0.29, 0.717) is 17.1 Å². The van der Waals surface area contributed by atoms with Gasteiger partial charge >= 0.3 is 0 Å². The number of hydrogen-bond acceptors (Lipinski definition) is 4. The number of hydrogen-bond donors (Lipinski definition) is 1. The molecule has 0 saturated heterocycles. The van der Waals surface area contributed by atoms with E-state index in [1.165, 1.54) is 4.31 Å².